The van der Waals surface area contributed by atoms with Crippen LogP contribution in [0.1, 0.15) is 21.9 Å². The van der Waals surface area contributed by atoms with Crippen LogP contribution in [0, 0.1) is 13.8 Å². The van der Waals surface area contributed by atoms with Crippen molar-refractivity contribution in [1.29, 1.82) is 0 Å². The Kier molecular flexibility index (Phi) is 5.98. The lowest BCUT2D eigenvalue weighted by atomic mass is 9.99. The lowest BCUT2D eigenvalue weighted by molar-refractivity contribution is -0.0000136. The van der Waals surface area contributed by atoms with Gasteiger partial charge >= 0.3 is 11.5 Å². The van der Waals surface area contributed by atoms with Crippen LogP contribution in [0.4, 0.5) is 0 Å². The number of aryl methyl sites for hydroxylation is 2. The zero-order chi connectivity index (χ0) is 18.1. The molecule has 4 heteroatoms. The molecule has 0 saturated heterocycles. The first-order valence-corrected chi connectivity index (χ1v) is 9.58. The Bertz CT molecular complexity index is 1120. The molecule has 0 atom stereocenters. The molecule has 27 heavy (non-hydrogen) atoms. The maximum atomic E-state index is 12.7. The Hall–Kier alpha value is -2.17. The number of Topliss-reactive ketones (excluding diaryl/α,β-unsaturated/α-hetero) is 1. The molecule has 4 aromatic rings. The van der Waals surface area contributed by atoms with Gasteiger partial charge in [0.1, 0.15) is 0 Å². The van der Waals surface area contributed by atoms with Crippen LogP contribution < -0.4 is 17.0 Å². The number of carbonyl (C=O) groups excluding carboxylic acids is 1. The zero-order valence-electron chi connectivity index (χ0n) is 15.2. The van der Waals surface area contributed by atoms with E-state index < -0.39 is 0 Å². The average molecular weight is 439 g/mol. The number of rotatable bonds is 4. The van der Waals surface area contributed by atoms with E-state index in [1.807, 2.05) is 50.2 Å². The summed E-state index contributed by atoms with van der Waals surface area (Å²) >= 11 is 1.55. The number of carbonyl (C=O) groups is 1. The van der Waals surface area contributed by atoms with E-state index in [0.717, 1.165) is 27.4 Å². The van der Waals surface area contributed by atoms with E-state index in [2.05, 4.69) is 30.3 Å². The third-order valence-electron chi connectivity index (χ3n) is 4.45. The Morgan fingerprint density at radius 3 is 2.30 bits per heavy atom. The summed E-state index contributed by atoms with van der Waals surface area (Å²) in [5.41, 5.74) is 0.759. The summed E-state index contributed by atoms with van der Waals surface area (Å²) in [6.07, 6.45) is 0. The zero-order valence-corrected chi connectivity index (χ0v) is 17.6. The molecule has 0 radical (unpaired) electrons. The second-order valence-electron chi connectivity index (χ2n) is 6.45. The molecule has 0 unspecified atom stereocenters. The minimum absolute atomic E-state index is 0. The molecule has 2 nitrogen and oxygen atoms in total. The molecule has 0 aliphatic heterocycles. The largest absolute Gasteiger partial charge is 1.00 e. The topological polar surface area (TPSA) is 28.4 Å². The van der Waals surface area contributed by atoms with E-state index >= 15 is 0 Å². The van der Waals surface area contributed by atoms with E-state index in [1.165, 1.54) is 16.2 Å². The summed E-state index contributed by atoms with van der Waals surface area (Å²) in [4.78, 5) is 13.7. The molecular weight excluding hydrogens is 420 g/mol. The Balaban J connectivity index is 0.00000210. The number of halogens is 1. The van der Waals surface area contributed by atoms with Gasteiger partial charge in [-0.3, -0.25) is 4.79 Å². The minimum atomic E-state index is 0. The molecule has 3 aromatic carbocycles. The van der Waals surface area contributed by atoms with Crippen LogP contribution in [0.2, 0.25) is 0 Å². The van der Waals surface area contributed by atoms with Crippen molar-refractivity contribution in [3.8, 4) is 0 Å². The van der Waals surface area contributed by atoms with E-state index in [0.29, 0.717) is 5.75 Å². The van der Waals surface area contributed by atoms with Crippen molar-refractivity contribution in [2.45, 2.75) is 18.7 Å². The summed E-state index contributed by atoms with van der Waals surface area (Å²) in [6, 6.07) is 22.5. The minimum Gasteiger partial charge on any atom is -1.00 e. The summed E-state index contributed by atoms with van der Waals surface area (Å²) in [5.74, 6) is 2.28. The third-order valence-corrected chi connectivity index (χ3v) is 5.43. The number of fused-ring (bicyclic) bond motifs is 3. The van der Waals surface area contributed by atoms with Crippen molar-refractivity contribution in [2.75, 3.05) is 5.75 Å². The fourth-order valence-corrected chi connectivity index (χ4v) is 4.22. The van der Waals surface area contributed by atoms with Crippen LogP contribution in [0.15, 0.2) is 76.0 Å². The quantitative estimate of drug-likeness (QED) is 0.211. The first-order chi connectivity index (χ1) is 12.6. The van der Waals surface area contributed by atoms with Crippen LogP contribution >= 0.6 is 11.8 Å². The molecule has 136 valence electrons. The molecule has 1 heterocycles. The summed E-state index contributed by atoms with van der Waals surface area (Å²) in [5, 5.41) is 4.72. The second kappa shape index (κ2) is 8.24. The van der Waals surface area contributed by atoms with Gasteiger partial charge in [-0.15, -0.1) is 11.8 Å². The van der Waals surface area contributed by atoms with Gasteiger partial charge in [-0.05, 0) is 27.6 Å². The van der Waals surface area contributed by atoms with Gasteiger partial charge < -0.3 is 17.0 Å². The fraction of sp³-hybridized carbons (Fsp3) is 0.130. The van der Waals surface area contributed by atoms with E-state index in [9.17, 15) is 4.79 Å². The molecule has 0 aliphatic rings. The fourth-order valence-electron chi connectivity index (χ4n) is 3.26. The van der Waals surface area contributed by atoms with E-state index in [4.69, 9.17) is 4.42 Å². The number of benzene rings is 3. The molecule has 0 spiro atoms. The van der Waals surface area contributed by atoms with Crippen molar-refractivity contribution >= 4 is 39.1 Å². The number of hydrogen-bond donors (Lipinski definition) is 0. The number of thioether (sulfide) groups is 1. The van der Waals surface area contributed by atoms with Gasteiger partial charge in [0.15, 0.2) is 5.78 Å². The molecule has 1 aromatic heterocycles. The maximum Gasteiger partial charge on any atom is 0.327 e. The predicted octanol–water partition coefficient (Wildman–Crippen LogP) is 3.46. The predicted molar refractivity (Wildman–Crippen MR) is 109 cm³/mol. The summed E-state index contributed by atoms with van der Waals surface area (Å²) < 4.78 is 5.49. The van der Waals surface area contributed by atoms with Crippen LogP contribution in [0.25, 0.3) is 21.5 Å². The Labute approximate surface area is 173 Å². The first-order valence-electron chi connectivity index (χ1n) is 8.59. The van der Waals surface area contributed by atoms with Gasteiger partial charge in [0.2, 0.25) is 0 Å². The molecule has 0 amide bonds. The molecule has 0 fully saturated rings. The lowest BCUT2D eigenvalue weighted by Crippen LogP contribution is -3.00. The molecule has 0 bridgehead atoms. The summed E-state index contributed by atoms with van der Waals surface area (Å²) in [7, 11) is 0. The van der Waals surface area contributed by atoms with Crippen molar-refractivity contribution in [2.24, 2.45) is 0 Å². The monoisotopic (exact) mass is 438 g/mol. The third kappa shape index (κ3) is 4.23. The van der Waals surface area contributed by atoms with Gasteiger partial charge in [-0.1, -0.05) is 48.5 Å². The Morgan fingerprint density at radius 2 is 1.52 bits per heavy atom. The van der Waals surface area contributed by atoms with Crippen LogP contribution in [0.3, 0.4) is 0 Å². The van der Waals surface area contributed by atoms with Crippen molar-refractivity contribution in [1.82, 2.24) is 0 Å². The van der Waals surface area contributed by atoms with Gasteiger partial charge in [0.05, 0.1) is 31.7 Å². The van der Waals surface area contributed by atoms with Crippen LogP contribution in [-0.2, 0) is 0 Å². The first kappa shape index (κ1) is 19.6. The molecule has 0 aliphatic carbocycles. The lowest BCUT2D eigenvalue weighted by Gasteiger charge is -2.06. The average Bonchev–Trinajstić information content (AvgIpc) is 2.65. The number of hydrogen-bond acceptors (Lipinski definition) is 2. The van der Waals surface area contributed by atoms with Crippen molar-refractivity contribution < 1.29 is 26.2 Å². The van der Waals surface area contributed by atoms with Crippen molar-refractivity contribution in [3.05, 3.63) is 83.8 Å². The number of ketones is 1. The highest BCUT2D eigenvalue weighted by molar-refractivity contribution is 8.00. The second-order valence-corrected chi connectivity index (χ2v) is 7.50. The van der Waals surface area contributed by atoms with E-state index in [-0.39, 0.29) is 22.8 Å². The molecule has 0 N–H and O–H groups in total. The molecule has 4 rings (SSSR count). The van der Waals surface area contributed by atoms with Gasteiger partial charge in [-0.2, -0.15) is 0 Å². The molecular formula is C23H19BrO2S. The van der Waals surface area contributed by atoms with Crippen molar-refractivity contribution in [3.63, 3.8) is 0 Å². The maximum absolute atomic E-state index is 12.7. The van der Waals surface area contributed by atoms with Crippen LogP contribution in [-0.4, -0.2) is 11.5 Å². The highest BCUT2D eigenvalue weighted by Crippen LogP contribution is 2.27. The molecule has 0 saturated carbocycles. The Morgan fingerprint density at radius 1 is 0.852 bits per heavy atom. The highest BCUT2D eigenvalue weighted by Gasteiger charge is 2.12. The van der Waals surface area contributed by atoms with Gasteiger partial charge in [0, 0.05) is 10.5 Å². The van der Waals surface area contributed by atoms with E-state index in [1.54, 1.807) is 11.8 Å². The highest BCUT2D eigenvalue weighted by atomic mass is 79.9. The standard InChI is InChI=1S/C23H19O2S.BrH/c1-15-11-20(12-16(2)25-15)26-14-23(24)19-9-10-22-18(13-19)8-7-17-5-3-4-6-21(17)22;/h3-13H,14H2,1-2H3;1H/q+1;/p-1. The SMILES string of the molecule is Cc1cc(SCC(=O)c2ccc3c(ccc4ccccc43)c2)cc(C)[o+]1.[Br-]. The smallest absolute Gasteiger partial charge is 0.327 e. The van der Waals surface area contributed by atoms with Crippen LogP contribution in [0.5, 0.6) is 0 Å². The normalized spacial score (nSPS) is 10.7. The van der Waals surface area contributed by atoms with Gasteiger partial charge in [-0.25, -0.2) is 4.42 Å². The van der Waals surface area contributed by atoms with Gasteiger partial charge in [0.25, 0.3) is 0 Å². The summed E-state index contributed by atoms with van der Waals surface area (Å²) in [6.45, 7) is 3.85.